The predicted molar refractivity (Wildman–Crippen MR) is 71.0 cm³/mol. The summed E-state index contributed by atoms with van der Waals surface area (Å²) >= 11 is 0. The molecule has 1 aromatic heterocycles. The molecule has 1 heterocycles. The number of hydrogen-bond donors (Lipinski definition) is 2. The first-order valence-electron chi connectivity index (χ1n) is 6.00. The molecule has 0 unspecified atom stereocenters. The number of nitrogens with one attached hydrogen (secondary N) is 2. The summed E-state index contributed by atoms with van der Waals surface area (Å²) in [6.45, 7) is 2.47. The first-order valence-corrected chi connectivity index (χ1v) is 6.00. The fourth-order valence-electron chi connectivity index (χ4n) is 1.84. The Hall–Kier alpha value is -2.44. The third-order valence-corrected chi connectivity index (χ3v) is 2.87. The molecule has 0 aliphatic rings. The van der Waals surface area contributed by atoms with Crippen LogP contribution in [0.15, 0.2) is 24.5 Å². The van der Waals surface area contributed by atoms with Crippen LogP contribution >= 0.6 is 0 Å². The lowest BCUT2D eigenvalue weighted by atomic mass is 10.1. The van der Waals surface area contributed by atoms with Gasteiger partial charge in [0.15, 0.2) is 0 Å². The Morgan fingerprint density at radius 1 is 1.47 bits per heavy atom. The van der Waals surface area contributed by atoms with E-state index in [0.29, 0.717) is 5.56 Å². The molecule has 2 rings (SSSR count). The minimum absolute atomic E-state index is 0.139. The molecule has 0 aliphatic carbocycles. The number of benzene rings is 1. The van der Waals surface area contributed by atoms with E-state index >= 15 is 0 Å². The highest BCUT2D eigenvalue weighted by Gasteiger charge is 2.12. The minimum Gasteiger partial charge on any atom is -0.385 e. The van der Waals surface area contributed by atoms with Crippen molar-refractivity contribution < 1.29 is 4.92 Å². The number of H-pyrrole nitrogens is 1. The molecule has 100 valence electrons. The molecule has 0 spiro atoms. The molecule has 2 aromatic rings. The smallest absolute Gasteiger partial charge is 0.274 e. The second kappa shape index (κ2) is 5.94. The van der Waals surface area contributed by atoms with Crippen molar-refractivity contribution in [2.24, 2.45) is 0 Å². The predicted octanol–water partition coefficient (Wildman–Crippen LogP) is 2.07. The maximum absolute atomic E-state index is 10.8. The second-order valence-corrected chi connectivity index (χ2v) is 4.17. The molecule has 7 heteroatoms. The highest BCUT2D eigenvalue weighted by atomic mass is 16.6. The SMILES string of the molecule is Cc1c(NCCCc2ncn[nH]2)cccc1[N+](=O)[O-]. The van der Waals surface area contributed by atoms with Crippen molar-refractivity contribution in [2.45, 2.75) is 19.8 Å². The Kier molecular flexibility index (Phi) is 4.07. The van der Waals surface area contributed by atoms with Crippen molar-refractivity contribution in [3.05, 3.63) is 46.0 Å². The summed E-state index contributed by atoms with van der Waals surface area (Å²) < 4.78 is 0. The topological polar surface area (TPSA) is 96.7 Å². The second-order valence-electron chi connectivity index (χ2n) is 4.17. The van der Waals surface area contributed by atoms with Crippen LogP contribution < -0.4 is 5.32 Å². The summed E-state index contributed by atoms with van der Waals surface area (Å²) in [5.41, 5.74) is 1.60. The number of hydrogen-bond acceptors (Lipinski definition) is 5. The van der Waals surface area contributed by atoms with E-state index in [0.717, 1.165) is 30.9 Å². The van der Waals surface area contributed by atoms with Gasteiger partial charge in [0, 0.05) is 30.3 Å². The van der Waals surface area contributed by atoms with Crippen LogP contribution in [-0.4, -0.2) is 26.6 Å². The lowest BCUT2D eigenvalue weighted by molar-refractivity contribution is -0.385. The van der Waals surface area contributed by atoms with Crippen molar-refractivity contribution in [3.8, 4) is 0 Å². The number of aryl methyl sites for hydroxylation is 1. The summed E-state index contributed by atoms with van der Waals surface area (Å²) in [5, 5.41) is 20.6. The van der Waals surface area contributed by atoms with Gasteiger partial charge in [0.25, 0.3) is 5.69 Å². The molecule has 0 atom stereocenters. The average Bonchev–Trinajstić information content (AvgIpc) is 2.89. The van der Waals surface area contributed by atoms with Crippen molar-refractivity contribution in [1.82, 2.24) is 15.2 Å². The third-order valence-electron chi connectivity index (χ3n) is 2.87. The van der Waals surface area contributed by atoms with Gasteiger partial charge < -0.3 is 5.32 Å². The van der Waals surface area contributed by atoms with Crippen molar-refractivity contribution in [3.63, 3.8) is 0 Å². The standard InChI is InChI=1S/C12H15N5O2/c1-9-10(4-2-5-11(9)17(18)19)13-7-3-6-12-14-8-15-16-12/h2,4-5,8,13H,3,6-7H2,1H3,(H,14,15,16). The Balaban J connectivity index is 1.89. The summed E-state index contributed by atoms with van der Waals surface area (Å²) in [6.07, 6.45) is 3.14. The molecule has 0 fully saturated rings. The number of aromatic nitrogens is 3. The number of nitro benzene ring substituents is 1. The van der Waals surface area contributed by atoms with Gasteiger partial charge in [-0.15, -0.1) is 0 Å². The zero-order valence-electron chi connectivity index (χ0n) is 10.6. The molecular weight excluding hydrogens is 246 g/mol. The van der Waals surface area contributed by atoms with E-state index in [1.807, 2.05) is 6.07 Å². The van der Waals surface area contributed by atoms with Crippen LogP contribution in [0.5, 0.6) is 0 Å². The fraction of sp³-hybridized carbons (Fsp3) is 0.333. The quantitative estimate of drug-likeness (QED) is 0.471. The molecule has 19 heavy (non-hydrogen) atoms. The first kappa shape index (κ1) is 13.0. The van der Waals surface area contributed by atoms with E-state index in [1.54, 1.807) is 13.0 Å². The van der Waals surface area contributed by atoms with Crippen LogP contribution in [0.4, 0.5) is 11.4 Å². The molecule has 0 bridgehead atoms. The van der Waals surface area contributed by atoms with Gasteiger partial charge in [0.05, 0.1) is 4.92 Å². The molecule has 2 N–H and O–H groups in total. The van der Waals surface area contributed by atoms with Gasteiger partial charge in [-0.2, -0.15) is 5.10 Å². The monoisotopic (exact) mass is 261 g/mol. The van der Waals surface area contributed by atoms with Crippen molar-refractivity contribution in [1.29, 1.82) is 0 Å². The molecule has 1 aromatic carbocycles. The molecule has 0 amide bonds. The molecule has 0 saturated heterocycles. The van der Waals surface area contributed by atoms with Gasteiger partial charge in [-0.3, -0.25) is 15.2 Å². The molecule has 0 saturated carbocycles. The van der Waals surface area contributed by atoms with Gasteiger partial charge >= 0.3 is 0 Å². The van der Waals surface area contributed by atoms with Gasteiger partial charge in [-0.25, -0.2) is 4.98 Å². The van der Waals surface area contributed by atoms with Gasteiger partial charge in [-0.1, -0.05) is 6.07 Å². The first-order chi connectivity index (χ1) is 9.18. The van der Waals surface area contributed by atoms with Crippen LogP contribution in [-0.2, 0) is 6.42 Å². The lowest BCUT2D eigenvalue weighted by Crippen LogP contribution is -2.06. The fourth-order valence-corrected chi connectivity index (χ4v) is 1.84. The highest BCUT2D eigenvalue weighted by molar-refractivity contribution is 5.59. The van der Waals surface area contributed by atoms with E-state index < -0.39 is 0 Å². The van der Waals surface area contributed by atoms with Crippen molar-refractivity contribution in [2.75, 3.05) is 11.9 Å². The molecule has 0 aliphatic heterocycles. The van der Waals surface area contributed by atoms with Crippen LogP contribution in [0.2, 0.25) is 0 Å². The van der Waals surface area contributed by atoms with E-state index in [-0.39, 0.29) is 10.6 Å². The maximum atomic E-state index is 10.8. The summed E-state index contributed by atoms with van der Waals surface area (Å²) in [7, 11) is 0. The van der Waals surface area contributed by atoms with Crippen molar-refractivity contribution >= 4 is 11.4 Å². The molecular formula is C12H15N5O2. The Morgan fingerprint density at radius 2 is 2.32 bits per heavy atom. The van der Waals surface area contributed by atoms with Gasteiger partial charge in [0.1, 0.15) is 12.2 Å². The average molecular weight is 261 g/mol. The Bertz CT molecular complexity index is 553. The normalized spacial score (nSPS) is 10.4. The van der Waals surface area contributed by atoms with Crippen LogP contribution in [0, 0.1) is 17.0 Å². The molecule has 0 radical (unpaired) electrons. The largest absolute Gasteiger partial charge is 0.385 e. The summed E-state index contributed by atoms with van der Waals surface area (Å²) in [6, 6.07) is 5.04. The third kappa shape index (κ3) is 3.27. The van der Waals surface area contributed by atoms with E-state index in [1.165, 1.54) is 12.4 Å². The van der Waals surface area contributed by atoms with Crippen LogP contribution in [0.25, 0.3) is 0 Å². The number of rotatable bonds is 6. The summed E-state index contributed by atoms with van der Waals surface area (Å²) in [4.78, 5) is 14.5. The van der Waals surface area contributed by atoms with E-state index in [2.05, 4.69) is 20.5 Å². The van der Waals surface area contributed by atoms with Gasteiger partial charge in [0.2, 0.25) is 0 Å². The highest BCUT2D eigenvalue weighted by Crippen LogP contribution is 2.24. The van der Waals surface area contributed by atoms with E-state index in [9.17, 15) is 10.1 Å². The lowest BCUT2D eigenvalue weighted by Gasteiger charge is -2.08. The zero-order valence-corrected chi connectivity index (χ0v) is 10.6. The number of anilines is 1. The maximum Gasteiger partial charge on any atom is 0.274 e. The molecule has 7 nitrogen and oxygen atoms in total. The van der Waals surface area contributed by atoms with Crippen LogP contribution in [0.3, 0.4) is 0 Å². The van der Waals surface area contributed by atoms with Gasteiger partial charge in [-0.05, 0) is 19.4 Å². The minimum atomic E-state index is -0.366. The summed E-state index contributed by atoms with van der Waals surface area (Å²) in [5.74, 6) is 0.845. The number of aromatic amines is 1. The Morgan fingerprint density at radius 3 is 3.00 bits per heavy atom. The zero-order chi connectivity index (χ0) is 13.7. The number of nitro groups is 1. The van der Waals surface area contributed by atoms with Crippen LogP contribution in [0.1, 0.15) is 17.8 Å². The number of nitrogens with zero attached hydrogens (tertiary/aromatic N) is 3. The van der Waals surface area contributed by atoms with E-state index in [4.69, 9.17) is 0 Å². The Labute approximate surface area is 110 Å².